The molecular weight excluding hydrogens is 839 g/mol. The van der Waals surface area contributed by atoms with Crippen LogP contribution in [-0.4, -0.2) is 72.8 Å². The molecule has 66 heavy (non-hydrogen) atoms. The fraction of sp³-hybridized carbons (Fsp3) is 0.280. The summed E-state index contributed by atoms with van der Waals surface area (Å²) in [5.74, 6) is 4.96. The zero-order chi connectivity index (χ0) is 45.9. The first kappa shape index (κ1) is 43.6. The van der Waals surface area contributed by atoms with E-state index in [1.165, 1.54) is 0 Å². The summed E-state index contributed by atoms with van der Waals surface area (Å²) in [6.45, 7) is 9.01. The highest BCUT2D eigenvalue weighted by molar-refractivity contribution is 5.69. The Morgan fingerprint density at radius 1 is 0.591 bits per heavy atom. The number of halogens is 2. The number of hydrogen-bond acceptors (Lipinski definition) is 10. The van der Waals surface area contributed by atoms with E-state index in [9.17, 15) is 8.78 Å². The number of nitrogens with zero attached hydrogens (tertiary/aromatic N) is 12. The molecule has 0 saturated heterocycles. The Hall–Kier alpha value is -7.62. The van der Waals surface area contributed by atoms with E-state index in [0.29, 0.717) is 57.0 Å². The van der Waals surface area contributed by atoms with Gasteiger partial charge in [0.05, 0.1) is 25.6 Å². The maximum atomic E-state index is 14.8. The number of pyridine rings is 2. The summed E-state index contributed by atoms with van der Waals surface area (Å²) < 4.78 is 48.1. The first-order valence-corrected chi connectivity index (χ1v) is 21.9. The lowest BCUT2D eigenvalue weighted by Gasteiger charge is -2.23. The fourth-order valence-electron chi connectivity index (χ4n) is 8.54. The van der Waals surface area contributed by atoms with Crippen molar-refractivity contribution in [2.24, 2.45) is 0 Å². The van der Waals surface area contributed by atoms with Gasteiger partial charge in [-0.1, -0.05) is 36.4 Å². The van der Waals surface area contributed by atoms with Crippen LogP contribution < -0.4 is 9.47 Å². The number of methoxy groups -OCH3 is 2. The van der Waals surface area contributed by atoms with Gasteiger partial charge in [-0.05, 0) is 123 Å². The predicted molar refractivity (Wildman–Crippen MR) is 248 cm³/mol. The summed E-state index contributed by atoms with van der Waals surface area (Å²) in [6, 6.07) is 14.9. The molecule has 0 bridgehead atoms. The second-order valence-corrected chi connectivity index (χ2v) is 16.5. The highest BCUT2D eigenvalue weighted by Crippen LogP contribution is 2.36. The standard InChI is InChI=1S/2C25H25FN6O/c2*1-16-6-4-7-19(23(16)26)20-8-5-11-32-24(20)29-22(30-32)10-9-18-12-21(33-3)25(27-13-18)31-14-17(2)28-15-31/h2*4,6-7,9-10,12-15,20H,5,8,11H2,1-3H3/b2*10-9+/t2*20-/m10/s1. The Kier molecular flexibility index (Phi) is 12.5. The van der Waals surface area contributed by atoms with Crippen molar-refractivity contribution in [3.63, 3.8) is 0 Å². The highest BCUT2D eigenvalue weighted by Gasteiger charge is 2.29. The quantitative estimate of drug-likeness (QED) is 0.130. The average Bonchev–Trinajstić information content (AvgIpc) is 4.16. The molecule has 2 aliphatic rings. The van der Waals surface area contributed by atoms with Gasteiger partial charge in [0, 0.05) is 49.7 Å². The lowest BCUT2D eigenvalue weighted by Crippen LogP contribution is -2.19. The van der Waals surface area contributed by atoms with E-state index in [4.69, 9.17) is 19.4 Å². The van der Waals surface area contributed by atoms with Crippen LogP contribution in [0.5, 0.6) is 11.5 Å². The van der Waals surface area contributed by atoms with E-state index in [1.54, 1.807) is 65.2 Å². The van der Waals surface area contributed by atoms with Crippen molar-refractivity contribution in [1.82, 2.24) is 58.6 Å². The van der Waals surface area contributed by atoms with Crippen LogP contribution in [0.4, 0.5) is 8.78 Å². The van der Waals surface area contributed by atoms with Crippen LogP contribution >= 0.6 is 0 Å². The zero-order valence-corrected chi connectivity index (χ0v) is 37.7. The lowest BCUT2D eigenvalue weighted by atomic mass is 9.90. The van der Waals surface area contributed by atoms with Crippen LogP contribution in [0, 0.1) is 39.3 Å². The molecule has 0 fully saturated rings. The third-order valence-electron chi connectivity index (χ3n) is 11.9. The molecule has 14 nitrogen and oxygen atoms in total. The molecule has 16 heteroatoms. The minimum atomic E-state index is -0.151. The second-order valence-electron chi connectivity index (χ2n) is 16.5. The van der Waals surface area contributed by atoms with Gasteiger partial charge < -0.3 is 9.47 Å². The molecule has 0 radical (unpaired) electrons. The van der Waals surface area contributed by atoms with Gasteiger partial charge in [0.25, 0.3) is 0 Å². The van der Waals surface area contributed by atoms with Crippen molar-refractivity contribution < 1.29 is 18.3 Å². The van der Waals surface area contributed by atoms with Crippen molar-refractivity contribution in [2.75, 3.05) is 14.2 Å². The first-order valence-electron chi connectivity index (χ1n) is 21.9. The number of ether oxygens (including phenoxy) is 2. The Morgan fingerprint density at radius 2 is 1.03 bits per heavy atom. The molecule has 0 spiro atoms. The maximum Gasteiger partial charge on any atom is 0.180 e. The molecular formula is C50H50F2N12O2. The van der Waals surface area contributed by atoms with Crippen LogP contribution in [0.15, 0.2) is 86.0 Å². The minimum Gasteiger partial charge on any atom is -0.493 e. The average molecular weight is 889 g/mol. The van der Waals surface area contributed by atoms with E-state index in [0.717, 1.165) is 72.9 Å². The fourth-order valence-corrected chi connectivity index (χ4v) is 8.54. The van der Waals surface area contributed by atoms with E-state index in [1.807, 2.05) is 105 Å². The van der Waals surface area contributed by atoms with Gasteiger partial charge >= 0.3 is 0 Å². The number of hydrogen-bond donors (Lipinski definition) is 0. The molecule has 2 aliphatic heterocycles. The number of aromatic nitrogens is 12. The number of benzene rings is 2. The van der Waals surface area contributed by atoms with E-state index >= 15 is 0 Å². The van der Waals surface area contributed by atoms with E-state index in [2.05, 4.69) is 30.1 Å². The Bertz CT molecular complexity index is 2880. The SMILES string of the molecule is COc1cc(/C=C/c2nc3n(n2)CCC[C@@H]3c2cccc(C)c2F)cnc1-n1cnc(C)c1.COc1cc(/C=C/c2nc3n(n2)CCC[C@H]3c2cccc(C)c2F)cnc1-n1cnc(C)c1. The Morgan fingerprint density at radius 3 is 1.42 bits per heavy atom. The van der Waals surface area contributed by atoms with Crippen LogP contribution in [0.3, 0.4) is 0 Å². The Balaban J connectivity index is 0.000000166. The van der Waals surface area contributed by atoms with Gasteiger partial charge in [-0.15, -0.1) is 0 Å². The molecule has 2 atom stereocenters. The van der Waals surface area contributed by atoms with Crippen molar-refractivity contribution in [1.29, 1.82) is 0 Å². The van der Waals surface area contributed by atoms with Crippen LogP contribution in [0.25, 0.3) is 35.9 Å². The molecule has 2 aromatic carbocycles. The molecule has 10 rings (SSSR count). The molecule has 6 aromatic heterocycles. The smallest absolute Gasteiger partial charge is 0.180 e. The van der Waals surface area contributed by atoms with Crippen molar-refractivity contribution >= 4 is 24.3 Å². The lowest BCUT2D eigenvalue weighted by molar-refractivity contribution is 0.410. The van der Waals surface area contributed by atoms with Gasteiger partial charge in [-0.25, -0.2) is 48.0 Å². The molecule has 0 aliphatic carbocycles. The summed E-state index contributed by atoms with van der Waals surface area (Å²) >= 11 is 0. The van der Waals surface area contributed by atoms with E-state index < -0.39 is 0 Å². The number of rotatable bonds is 10. The normalized spacial score (nSPS) is 15.7. The van der Waals surface area contributed by atoms with Crippen LogP contribution in [0.1, 0.15) is 106 Å². The summed E-state index contributed by atoms with van der Waals surface area (Å²) in [5, 5.41) is 9.27. The molecule has 0 unspecified atom stereocenters. The largest absolute Gasteiger partial charge is 0.493 e. The summed E-state index contributed by atoms with van der Waals surface area (Å²) in [6.07, 6.45) is 21.9. The molecule has 0 saturated carbocycles. The summed E-state index contributed by atoms with van der Waals surface area (Å²) in [4.78, 5) is 27.1. The van der Waals surface area contributed by atoms with Gasteiger partial charge in [0.2, 0.25) is 0 Å². The summed E-state index contributed by atoms with van der Waals surface area (Å²) in [7, 11) is 3.24. The second kappa shape index (κ2) is 18.8. The number of imidazole rings is 2. The van der Waals surface area contributed by atoms with Gasteiger partial charge in [0.15, 0.2) is 34.8 Å². The topological polar surface area (TPSA) is 141 Å². The zero-order valence-electron chi connectivity index (χ0n) is 37.7. The van der Waals surface area contributed by atoms with Crippen molar-refractivity contribution in [3.05, 3.63) is 166 Å². The van der Waals surface area contributed by atoms with E-state index in [-0.39, 0.29) is 23.5 Å². The van der Waals surface area contributed by atoms with Crippen molar-refractivity contribution in [3.8, 4) is 23.1 Å². The number of fused-ring (bicyclic) bond motifs is 2. The van der Waals surface area contributed by atoms with Gasteiger partial charge in [-0.2, -0.15) is 10.2 Å². The molecule has 336 valence electrons. The van der Waals surface area contributed by atoms with Crippen LogP contribution in [-0.2, 0) is 13.1 Å². The summed E-state index contributed by atoms with van der Waals surface area (Å²) in [5.41, 5.74) is 6.22. The molecule has 0 amide bonds. The van der Waals surface area contributed by atoms with Crippen LogP contribution in [0.2, 0.25) is 0 Å². The minimum absolute atomic E-state index is 0.0898. The van der Waals surface area contributed by atoms with Gasteiger partial charge in [-0.3, -0.25) is 9.13 Å². The van der Waals surface area contributed by atoms with Gasteiger partial charge in [0.1, 0.15) is 35.9 Å². The monoisotopic (exact) mass is 888 g/mol. The molecule has 8 heterocycles. The Labute approximate surface area is 381 Å². The predicted octanol–water partition coefficient (Wildman–Crippen LogP) is 9.44. The maximum absolute atomic E-state index is 14.8. The first-order chi connectivity index (χ1) is 32.1. The highest BCUT2D eigenvalue weighted by atomic mass is 19.1. The van der Waals surface area contributed by atoms with Crippen molar-refractivity contribution in [2.45, 2.75) is 78.3 Å². The molecule has 0 N–H and O–H groups in total. The third kappa shape index (κ3) is 9.03. The third-order valence-corrected chi connectivity index (χ3v) is 11.9. The number of aryl methyl sites for hydroxylation is 6. The molecule has 8 aromatic rings.